The number of nitrogens with one attached hydrogen (secondary N) is 1. The zero-order valence-electron chi connectivity index (χ0n) is 13.2. The predicted molar refractivity (Wildman–Crippen MR) is 88.8 cm³/mol. The monoisotopic (exact) mass is 326 g/mol. The molecule has 6 heteroatoms. The van der Waals surface area contributed by atoms with Crippen molar-refractivity contribution in [1.29, 1.82) is 0 Å². The summed E-state index contributed by atoms with van der Waals surface area (Å²) < 4.78 is 1.88. The zero-order chi connectivity index (χ0) is 14.8. The van der Waals surface area contributed by atoms with Gasteiger partial charge < -0.3 is 11.1 Å². The Hall–Kier alpha value is -1.07. The molecule has 2 aliphatic rings. The van der Waals surface area contributed by atoms with E-state index in [9.17, 15) is 4.79 Å². The summed E-state index contributed by atoms with van der Waals surface area (Å²) in [6.45, 7) is 3.41. The van der Waals surface area contributed by atoms with E-state index in [0.29, 0.717) is 24.4 Å². The van der Waals surface area contributed by atoms with Gasteiger partial charge in [0.15, 0.2) is 0 Å². The summed E-state index contributed by atoms with van der Waals surface area (Å²) in [6.07, 6.45) is 9.48. The van der Waals surface area contributed by atoms with Crippen molar-refractivity contribution >= 4 is 18.3 Å². The maximum Gasteiger partial charge on any atom is 0.223 e. The number of aryl methyl sites for hydroxylation is 1. The van der Waals surface area contributed by atoms with Gasteiger partial charge in [-0.3, -0.25) is 9.48 Å². The Morgan fingerprint density at radius 1 is 1.41 bits per heavy atom. The highest BCUT2D eigenvalue weighted by molar-refractivity contribution is 5.85. The van der Waals surface area contributed by atoms with Gasteiger partial charge in [-0.2, -0.15) is 5.10 Å². The molecule has 5 nitrogen and oxygen atoms in total. The lowest BCUT2D eigenvalue weighted by atomic mass is 9.65. The molecular formula is C16H27ClN4O. The third kappa shape index (κ3) is 3.82. The van der Waals surface area contributed by atoms with Crippen molar-refractivity contribution in [1.82, 2.24) is 15.1 Å². The van der Waals surface area contributed by atoms with Crippen molar-refractivity contribution in [3.63, 3.8) is 0 Å². The Labute approximate surface area is 138 Å². The number of hydrogen-bond acceptors (Lipinski definition) is 3. The highest BCUT2D eigenvalue weighted by Gasteiger charge is 2.40. The molecule has 2 aliphatic carbocycles. The first-order valence-electron chi connectivity index (χ1n) is 8.16. The van der Waals surface area contributed by atoms with Crippen LogP contribution in [0.5, 0.6) is 0 Å². The number of halogens is 1. The molecule has 2 fully saturated rings. The van der Waals surface area contributed by atoms with Crippen molar-refractivity contribution in [3.05, 3.63) is 18.0 Å². The summed E-state index contributed by atoms with van der Waals surface area (Å²) in [5.41, 5.74) is 7.43. The van der Waals surface area contributed by atoms with Gasteiger partial charge in [-0.1, -0.05) is 6.42 Å². The minimum atomic E-state index is 0. The molecule has 0 radical (unpaired) electrons. The van der Waals surface area contributed by atoms with Gasteiger partial charge in [0.05, 0.1) is 12.7 Å². The Morgan fingerprint density at radius 3 is 2.68 bits per heavy atom. The van der Waals surface area contributed by atoms with Crippen LogP contribution in [0.15, 0.2) is 12.4 Å². The first kappa shape index (κ1) is 17.3. The molecule has 0 spiro atoms. The van der Waals surface area contributed by atoms with Crippen LogP contribution >= 0.6 is 12.4 Å². The third-order valence-corrected chi connectivity index (χ3v) is 5.19. The Morgan fingerprint density at radius 2 is 2.09 bits per heavy atom. The number of hydrogen-bond donors (Lipinski definition) is 2. The number of rotatable bonds is 4. The molecular weight excluding hydrogens is 300 g/mol. The largest absolute Gasteiger partial charge is 0.354 e. The molecule has 2 atom stereocenters. The van der Waals surface area contributed by atoms with Gasteiger partial charge in [0.2, 0.25) is 5.91 Å². The summed E-state index contributed by atoms with van der Waals surface area (Å²) >= 11 is 0. The highest BCUT2D eigenvalue weighted by atomic mass is 35.5. The quantitative estimate of drug-likeness (QED) is 0.887. The second kappa shape index (κ2) is 7.47. The van der Waals surface area contributed by atoms with E-state index in [-0.39, 0.29) is 24.2 Å². The molecule has 22 heavy (non-hydrogen) atoms. The van der Waals surface area contributed by atoms with Crippen LogP contribution in [0, 0.1) is 24.7 Å². The molecule has 1 aromatic rings. The molecule has 3 N–H and O–H groups in total. The van der Waals surface area contributed by atoms with Gasteiger partial charge in [0.25, 0.3) is 0 Å². The molecule has 0 saturated heterocycles. The fourth-order valence-electron chi connectivity index (χ4n) is 4.03. The minimum Gasteiger partial charge on any atom is -0.354 e. The van der Waals surface area contributed by atoms with Crippen LogP contribution in [0.3, 0.4) is 0 Å². The number of carbonyl (C=O) groups is 1. The average molecular weight is 327 g/mol. The number of nitrogens with two attached hydrogens (primary N) is 1. The van der Waals surface area contributed by atoms with Crippen LogP contribution in [0.4, 0.5) is 0 Å². The summed E-state index contributed by atoms with van der Waals surface area (Å²) in [5, 5.41) is 7.30. The lowest BCUT2D eigenvalue weighted by molar-refractivity contribution is -0.127. The van der Waals surface area contributed by atoms with E-state index in [2.05, 4.69) is 10.4 Å². The van der Waals surface area contributed by atoms with Crippen molar-refractivity contribution < 1.29 is 4.79 Å². The van der Waals surface area contributed by atoms with Crippen molar-refractivity contribution in [3.8, 4) is 0 Å². The topological polar surface area (TPSA) is 72.9 Å². The lowest BCUT2D eigenvalue weighted by Crippen LogP contribution is -2.49. The molecule has 2 unspecified atom stereocenters. The second-order valence-corrected chi connectivity index (χ2v) is 6.77. The van der Waals surface area contributed by atoms with Crippen LogP contribution in [-0.4, -0.2) is 28.3 Å². The number of aromatic nitrogens is 2. The van der Waals surface area contributed by atoms with Crippen LogP contribution in [-0.2, 0) is 11.3 Å². The summed E-state index contributed by atoms with van der Waals surface area (Å²) in [5.74, 6) is 1.49. The molecule has 2 bridgehead atoms. The van der Waals surface area contributed by atoms with Crippen LogP contribution in [0.1, 0.15) is 37.7 Å². The minimum absolute atomic E-state index is 0. The van der Waals surface area contributed by atoms with Crippen molar-refractivity contribution in [2.75, 3.05) is 6.54 Å². The summed E-state index contributed by atoms with van der Waals surface area (Å²) in [4.78, 5) is 12.3. The molecule has 1 aromatic heterocycles. The van der Waals surface area contributed by atoms with E-state index in [1.54, 1.807) is 0 Å². The number of nitrogens with zero attached hydrogens (tertiary/aromatic N) is 2. The van der Waals surface area contributed by atoms with E-state index in [1.165, 1.54) is 19.3 Å². The first-order chi connectivity index (χ1) is 10.1. The molecule has 3 rings (SSSR count). The Bertz CT molecular complexity index is 490. The SMILES string of the molecule is Cc1cnn(CCNC(=O)C2CC3CCCC(C2)C3N)c1.Cl. The van der Waals surface area contributed by atoms with Gasteiger partial charge in [0, 0.05) is 24.7 Å². The third-order valence-electron chi connectivity index (χ3n) is 5.19. The van der Waals surface area contributed by atoms with Gasteiger partial charge in [-0.15, -0.1) is 12.4 Å². The van der Waals surface area contributed by atoms with E-state index in [4.69, 9.17) is 5.73 Å². The zero-order valence-corrected chi connectivity index (χ0v) is 14.0. The van der Waals surface area contributed by atoms with Crippen LogP contribution in [0.25, 0.3) is 0 Å². The number of carbonyl (C=O) groups excluding carboxylic acids is 1. The van der Waals surface area contributed by atoms with Gasteiger partial charge in [-0.25, -0.2) is 0 Å². The number of fused-ring (bicyclic) bond motifs is 2. The Balaban J connectivity index is 0.00000176. The standard InChI is InChI=1S/C16H26N4O.ClH/c1-11-9-19-20(10-11)6-5-18-16(21)14-7-12-3-2-4-13(8-14)15(12)17;/h9-10,12-15H,2-8,17H2,1H3,(H,18,21);1H. The van der Waals surface area contributed by atoms with Gasteiger partial charge in [-0.05, 0) is 50.0 Å². The van der Waals surface area contributed by atoms with E-state index < -0.39 is 0 Å². The highest BCUT2D eigenvalue weighted by Crippen LogP contribution is 2.41. The normalized spacial score (nSPS) is 30.5. The first-order valence-corrected chi connectivity index (χ1v) is 8.16. The fraction of sp³-hybridized carbons (Fsp3) is 0.750. The van der Waals surface area contributed by atoms with Crippen LogP contribution in [0.2, 0.25) is 0 Å². The molecule has 1 heterocycles. The maximum atomic E-state index is 12.3. The predicted octanol–water partition coefficient (Wildman–Crippen LogP) is 1.88. The van der Waals surface area contributed by atoms with E-state index in [0.717, 1.165) is 24.9 Å². The molecule has 0 aromatic carbocycles. The maximum absolute atomic E-state index is 12.3. The molecule has 1 amide bonds. The van der Waals surface area contributed by atoms with Crippen molar-refractivity contribution in [2.24, 2.45) is 23.5 Å². The van der Waals surface area contributed by atoms with Gasteiger partial charge in [0.1, 0.15) is 0 Å². The van der Waals surface area contributed by atoms with Crippen LogP contribution < -0.4 is 11.1 Å². The van der Waals surface area contributed by atoms with Crippen molar-refractivity contribution in [2.45, 2.75) is 51.6 Å². The molecule has 0 aliphatic heterocycles. The summed E-state index contributed by atoms with van der Waals surface area (Å²) in [7, 11) is 0. The second-order valence-electron chi connectivity index (χ2n) is 6.77. The van der Waals surface area contributed by atoms with Gasteiger partial charge >= 0.3 is 0 Å². The summed E-state index contributed by atoms with van der Waals surface area (Å²) in [6, 6.07) is 0.329. The molecule has 2 saturated carbocycles. The smallest absolute Gasteiger partial charge is 0.223 e. The average Bonchev–Trinajstić information content (AvgIpc) is 2.84. The molecule has 124 valence electrons. The fourth-order valence-corrected chi connectivity index (χ4v) is 4.03. The number of amides is 1. The lowest BCUT2D eigenvalue weighted by Gasteiger charge is -2.43. The Kier molecular flexibility index (Phi) is 5.87. The van der Waals surface area contributed by atoms with E-state index in [1.807, 2.05) is 24.0 Å². The van der Waals surface area contributed by atoms with E-state index >= 15 is 0 Å².